The van der Waals surface area contributed by atoms with Gasteiger partial charge in [0.05, 0.1) is 5.71 Å². The minimum absolute atomic E-state index is 0.475. The molecule has 2 amide bonds. The van der Waals surface area contributed by atoms with Gasteiger partial charge in [-0.3, -0.25) is 15.2 Å². The Kier molecular flexibility index (Phi) is 7.18. The number of rotatable bonds is 3. The highest BCUT2D eigenvalue weighted by atomic mass is 16.6. The van der Waals surface area contributed by atoms with Crippen LogP contribution in [0, 0.1) is 0 Å². The number of carbonyl (C=O) groups excluding carboxylic acids is 2. The van der Waals surface area contributed by atoms with Crippen LogP contribution in [0.25, 0.3) is 0 Å². The molecule has 0 unspecified atom stereocenters. The molecule has 0 aromatic heterocycles. The summed E-state index contributed by atoms with van der Waals surface area (Å²) in [6, 6.07) is 0. The zero-order valence-electron chi connectivity index (χ0n) is 12.0. The number of nitrogens with zero attached hydrogens (tertiary/aromatic N) is 1. The number of aliphatic imine (C=N–C) groups is 1. The van der Waals surface area contributed by atoms with E-state index >= 15 is 0 Å². The fourth-order valence-electron chi connectivity index (χ4n) is 0.994. The van der Waals surface area contributed by atoms with Crippen LogP contribution < -0.4 is 10.9 Å². The van der Waals surface area contributed by atoms with E-state index in [0.717, 1.165) is 0 Å². The molecule has 0 rings (SSSR count). The first kappa shape index (κ1) is 16.9. The van der Waals surface area contributed by atoms with Crippen LogP contribution in [0.5, 0.6) is 0 Å². The Bertz CT molecular complexity index is 404. The standard InChI is InChI=1S/C13H21N3O3/c1-6-7-10(14-5)8-9-11(17)15-16-12(18)19-13(2,3)4/h6-9H,1-5H3,(H,15,17)(H,16,18). The van der Waals surface area contributed by atoms with E-state index < -0.39 is 17.6 Å². The van der Waals surface area contributed by atoms with E-state index in [4.69, 9.17) is 4.74 Å². The van der Waals surface area contributed by atoms with Crippen molar-refractivity contribution in [2.45, 2.75) is 33.3 Å². The number of allylic oxidation sites excluding steroid dienone is 3. The lowest BCUT2D eigenvalue weighted by Crippen LogP contribution is -2.43. The van der Waals surface area contributed by atoms with Crippen LogP contribution in [-0.2, 0) is 9.53 Å². The van der Waals surface area contributed by atoms with Crippen LogP contribution in [0.4, 0.5) is 4.79 Å². The summed E-state index contributed by atoms with van der Waals surface area (Å²) in [5, 5.41) is 0. The molecule has 0 aliphatic carbocycles. The maximum absolute atomic E-state index is 11.4. The Labute approximate surface area is 113 Å². The van der Waals surface area contributed by atoms with Crippen LogP contribution in [0.2, 0.25) is 0 Å². The number of ether oxygens (including phenoxy) is 1. The molecule has 0 radical (unpaired) electrons. The summed E-state index contributed by atoms with van der Waals surface area (Å²) in [5.74, 6) is -0.475. The predicted octanol–water partition coefficient (Wildman–Crippen LogP) is 1.75. The van der Waals surface area contributed by atoms with E-state index in [0.29, 0.717) is 5.71 Å². The zero-order chi connectivity index (χ0) is 14.9. The van der Waals surface area contributed by atoms with Gasteiger partial charge in [0.15, 0.2) is 0 Å². The third-order valence-electron chi connectivity index (χ3n) is 1.69. The molecule has 6 nitrogen and oxygen atoms in total. The molecule has 106 valence electrons. The van der Waals surface area contributed by atoms with E-state index in [1.54, 1.807) is 33.9 Å². The van der Waals surface area contributed by atoms with Crippen molar-refractivity contribution in [3.63, 3.8) is 0 Å². The minimum atomic E-state index is -0.716. The van der Waals surface area contributed by atoms with Crippen LogP contribution in [0.15, 0.2) is 29.3 Å². The predicted molar refractivity (Wildman–Crippen MR) is 74.8 cm³/mol. The number of hydrogen-bond acceptors (Lipinski definition) is 4. The van der Waals surface area contributed by atoms with Crippen molar-refractivity contribution in [2.24, 2.45) is 4.99 Å². The fraction of sp³-hybridized carbons (Fsp3) is 0.462. The van der Waals surface area contributed by atoms with Gasteiger partial charge in [0, 0.05) is 13.1 Å². The maximum Gasteiger partial charge on any atom is 0.426 e. The molecule has 0 aliphatic rings. The van der Waals surface area contributed by atoms with Gasteiger partial charge in [0.25, 0.3) is 5.91 Å². The summed E-state index contributed by atoms with van der Waals surface area (Å²) in [7, 11) is 1.62. The summed E-state index contributed by atoms with van der Waals surface area (Å²) in [5.41, 5.74) is 4.38. The molecule has 2 N–H and O–H groups in total. The summed E-state index contributed by atoms with van der Waals surface area (Å²) in [6.45, 7) is 7.04. The monoisotopic (exact) mass is 267 g/mol. The molecule has 0 saturated heterocycles. The molecule has 0 atom stereocenters. The molecule has 0 aromatic rings. The average Bonchev–Trinajstić information content (AvgIpc) is 2.29. The van der Waals surface area contributed by atoms with Gasteiger partial charge >= 0.3 is 6.09 Å². The Morgan fingerprint density at radius 3 is 2.21 bits per heavy atom. The first-order valence-electron chi connectivity index (χ1n) is 5.85. The van der Waals surface area contributed by atoms with Gasteiger partial charge in [-0.2, -0.15) is 0 Å². The molecule has 19 heavy (non-hydrogen) atoms. The van der Waals surface area contributed by atoms with E-state index in [1.807, 2.05) is 13.0 Å². The van der Waals surface area contributed by atoms with Crippen LogP contribution in [0.1, 0.15) is 27.7 Å². The topological polar surface area (TPSA) is 79.8 Å². The lowest BCUT2D eigenvalue weighted by Gasteiger charge is -2.19. The van der Waals surface area contributed by atoms with Crippen molar-refractivity contribution in [1.29, 1.82) is 0 Å². The molecule has 0 spiro atoms. The Morgan fingerprint density at radius 1 is 1.11 bits per heavy atom. The SMILES string of the molecule is CC=CC(C=CC(=O)NNC(=O)OC(C)(C)C)=NC. The van der Waals surface area contributed by atoms with Gasteiger partial charge in [-0.15, -0.1) is 0 Å². The van der Waals surface area contributed by atoms with Crippen molar-refractivity contribution in [3.05, 3.63) is 24.3 Å². The summed E-state index contributed by atoms with van der Waals surface area (Å²) in [4.78, 5) is 26.6. The Morgan fingerprint density at radius 2 is 1.74 bits per heavy atom. The fourth-order valence-corrected chi connectivity index (χ4v) is 0.994. The number of hydrazine groups is 1. The van der Waals surface area contributed by atoms with Gasteiger partial charge in [-0.05, 0) is 39.8 Å². The normalized spacial score (nSPS) is 12.8. The third kappa shape index (κ3) is 9.58. The molecule has 0 aromatic carbocycles. The molecular formula is C13H21N3O3. The van der Waals surface area contributed by atoms with E-state index in [-0.39, 0.29) is 0 Å². The number of hydrogen-bond donors (Lipinski definition) is 2. The molecule has 0 heterocycles. The van der Waals surface area contributed by atoms with Gasteiger partial charge < -0.3 is 4.74 Å². The smallest absolute Gasteiger partial charge is 0.426 e. The second-order valence-corrected chi connectivity index (χ2v) is 4.60. The molecule has 0 aliphatic heterocycles. The van der Waals surface area contributed by atoms with E-state index in [2.05, 4.69) is 15.8 Å². The van der Waals surface area contributed by atoms with Crippen LogP contribution in [-0.4, -0.2) is 30.4 Å². The highest BCUT2D eigenvalue weighted by Crippen LogP contribution is 2.05. The average molecular weight is 267 g/mol. The van der Waals surface area contributed by atoms with Crippen molar-refractivity contribution in [1.82, 2.24) is 10.9 Å². The van der Waals surface area contributed by atoms with Gasteiger partial charge in [0.2, 0.25) is 0 Å². The third-order valence-corrected chi connectivity index (χ3v) is 1.69. The van der Waals surface area contributed by atoms with E-state index in [9.17, 15) is 9.59 Å². The second kappa shape index (κ2) is 8.07. The lowest BCUT2D eigenvalue weighted by molar-refractivity contribution is -0.117. The summed E-state index contributed by atoms with van der Waals surface area (Å²) >= 11 is 0. The minimum Gasteiger partial charge on any atom is -0.443 e. The molecule has 0 bridgehead atoms. The molecule has 6 heteroatoms. The second-order valence-electron chi connectivity index (χ2n) is 4.60. The van der Waals surface area contributed by atoms with Crippen molar-refractivity contribution in [3.8, 4) is 0 Å². The van der Waals surface area contributed by atoms with Gasteiger partial charge in [-0.1, -0.05) is 6.08 Å². The quantitative estimate of drug-likeness (QED) is 0.464. The maximum atomic E-state index is 11.4. The highest BCUT2D eigenvalue weighted by molar-refractivity contribution is 6.07. The molecule has 0 fully saturated rings. The first-order valence-corrected chi connectivity index (χ1v) is 5.85. The number of nitrogens with one attached hydrogen (secondary N) is 2. The first-order chi connectivity index (χ1) is 8.78. The largest absolute Gasteiger partial charge is 0.443 e. The lowest BCUT2D eigenvalue weighted by atomic mass is 10.2. The molecule has 0 saturated carbocycles. The number of carbonyl (C=O) groups is 2. The molecular weight excluding hydrogens is 246 g/mol. The zero-order valence-corrected chi connectivity index (χ0v) is 12.0. The van der Waals surface area contributed by atoms with Crippen molar-refractivity contribution < 1.29 is 14.3 Å². The van der Waals surface area contributed by atoms with Gasteiger partial charge in [-0.25, -0.2) is 10.2 Å². The van der Waals surface area contributed by atoms with Crippen LogP contribution >= 0.6 is 0 Å². The Hall–Kier alpha value is -2.11. The van der Waals surface area contributed by atoms with Crippen LogP contribution in [0.3, 0.4) is 0 Å². The Balaban J connectivity index is 4.20. The van der Waals surface area contributed by atoms with Crippen molar-refractivity contribution in [2.75, 3.05) is 7.05 Å². The van der Waals surface area contributed by atoms with Gasteiger partial charge in [0.1, 0.15) is 5.60 Å². The van der Waals surface area contributed by atoms with Crippen molar-refractivity contribution >= 4 is 17.7 Å². The summed E-state index contributed by atoms with van der Waals surface area (Å²) < 4.78 is 4.95. The number of amides is 2. The van der Waals surface area contributed by atoms with E-state index in [1.165, 1.54) is 12.2 Å². The highest BCUT2D eigenvalue weighted by Gasteiger charge is 2.15. The summed E-state index contributed by atoms with van der Waals surface area (Å²) in [6.07, 6.45) is 5.65.